The van der Waals surface area contributed by atoms with E-state index in [1.54, 1.807) is 14.1 Å². The third-order valence-electron chi connectivity index (χ3n) is 0.623. The molecule has 0 N–H and O–H groups in total. The van der Waals surface area contributed by atoms with Crippen molar-refractivity contribution in [3.63, 3.8) is 0 Å². The molecule has 50 valence electrons. The standard InChI is InChI=1S/C5H14NOP/c1-6(2,7)5-8(3)4/h5H2,1-4H3. The first kappa shape index (κ1) is 8.35. The Labute approximate surface area is 52.4 Å². The van der Waals surface area contributed by atoms with Crippen LogP contribution in [-0.4, -0.2) is 38.4 Å². The summed E-state index contributed by atoms with van der Waals surface area (Å²) >= 11 is 0. The summed E-state index contributed by atoms with van der Waals surface area (Å²) in [6.45, 7) is 4.24. The Hall–Kier alpha value is 0.350. The molecule has 0 atom stereocenters. The highest BCUT2D eigenvalue weighted by Gasteiger charge is 2.02. The van der Waals surface area contributed by atoms with E-state index >= 15 is 0 Å². The van der Waals surface area contributed by atoms with Crippen LogP contribution in [0.1, 0.15) is 0 Å². The molecule has 0 aromatic carbocycles. The molecular weight excluding hydrogens is 121 g/mol. The maximum atomic E-state index is 10.9. The molecule has 0 aromatic heterocycles. The summed E-state index contributed by atoms with van der Waals surface area (Å²) in [6, 6.07) is 0. The molecule has 0 heterocycles. The first-order valence-corrected chi connectivity index (χ1v) is 5.03. The van der Waals surface area contributed by atoms with E-state index in [1.807, 2.05) is 0 Å². The quantitative estimate of drug-likeness (QED) is 0.317. The van der Waals surface area contributed by atoms with E-state index in [2.05, 4.69) is 13.3 Å². The monoisotopic (exact) mass is 135 g/mol. The van der Waals surface area contributed by atoms with Crippen molar-refractivity contribution in [3.05, 3.63) is 5.21 Å². The first-order valence-electron chi connectivity index (χ1n) is 2.60. The van der Waals surface area contributed by atoms with E-state index in [0.717, 1.165) is 6.29 Å². The predicted molar refractivity (Wildman–Crippen MR) is 39.1 cm³/mol. The van der Waals surface area contributed by atoms with Crippen LogP contribution in [-0.2, 0) is 0 Å². The minimum atomic E-state index is -0.140. The van der Waals surface area contributed by atoms with Crippen LogP contribution in [0.4, 0.5) is 0 Å². The number of rotatable bonds is 2. The number of nitrogens with zero attached hydrogens (tertiary/aromatic N) is 1. The fraction of sp³-hybridized carbons (Fsp3) is 1.00. The zero-order chi connectivity index (χ0) is 6.78. The summed E-state index contributed by atoms with van der Waals surface area (Å²) in [5, 5.41) is 10.9. The molecule has 0 radical (unpaired) electrons. The lowest BCUT2D eigenvalue weighted by atomic mass is 10.9. The van der Waals surface area contributed by atoms with Crippen LogP contribution >= 0.6 is 7.92 Å². The van der Waals surface area contributed by atoms with Gasteiger partial charge >= 0.3 is 0 Å². The van der Waals surface area contributed by atoms with Crippen LogP contribution in [0.25, 0.3) is 0 Å². The average molecular weight is 135 g/mol. The van der Waals surface area contributed by atoms with Gasteiger partial charge in [-0.2, -0.15) is 0 Å². The Morgan fingerprint density at radius 1 is 1.38 bits per heavy atom. The van der Waals surface area contributed by atoms with Gasteiger partial charge in [-0.1, -0.05) is 7.92 Å². The second-order valence-corrected chi connectivity index (χ2v) is 5.24. The molecule has 0 unspecified atom stereocenters. The van der Waals surface area contributed by atoms with E-state index in [-0.39, 0.29) is 12.6 Å². The molecule has 8 heavy (non-hydrogen) atoms. The second kappa shape index (κ2) is 2.77. The minimum Gasteiger partial charge on any atom is -0.633 e. The van der Waals surface area contributed by atoms with Gasteiger partial charge in [-0.25, -0.2) is 0 Å². The lowest BCUT2D eigenvalue weighted by Crippen LogP contribution is -2.31. The fourth-order valence-corrected chi connectivity index (χ4v) is 2.04. The SMILES string of the molecule is CP(C)C[N+](C)(C)[O-]. The van der Waals surface area contributed by atoms with Gasteiger partial charge in [0.05, 0.1) is 20.4 Å². The number of hydrogen-bond acceptors (Lipinski definition) is 1. The van der Waals surface area contributed by atoms with E-state index in [1.165, 1.54) is 0 Å². The highest BCUT2D eigenvalue weighted by molar-refractivity contribution is 7.55. The van der Waals surface area contributed by atoms with Gasteiger partial charge in [-0.05, 0) is 13.3 Å². The minimum absolute atomic E-state index is 0.0288. The Kier molecular flexibility index (Phi) is 2.89. The van der Waals surface area contributed by atoms with Gasteiger partial charge in [0.2, 0.25) is 0 Å². The lowest BCUT2D eigenvalue weighted by Gasteiger charge is -2.35. The molecule has 2 nitrogen and oxygen atoms in total. The molecule has 0 saturated carbocycles. The van der Waals surface area contributed by atoms with Crippen molar-refractivity contribution < 1.29 is 4.65 Å². The Bertz CT molecular complexity index is 67.3. The van der Waals surface area contributed by atoms with E-state index in [0.29, 0.717) is 0 Å². The van der Waals surface area contributed by atoms with Crippen molar-refractivity contribution in [1.82, 2.24) is 0 Å². The average Bonchev–Trinajstić information content (AvgIpc) is 1.21. The third kappa shape index (κ3) is 6.35. The normalized spacial score (nSPS) is 12.8. The Balaban J connectivity index is 3.39. The van der Waals surface area contributed by atoms with Crippen LogP contribution in [0.2, 0.25) is 0 Å². The van der Waals surface area contributed by atoms with Crippen molar-refractivity contribution in [2.24, 2.45) is 0 Å². The van der Waals surface area contributed by atoms with Gasteiger partial charge in [-0.3, -0.25) is 0 Å². The summed E-state index contributed by atoms with van der Waals surface area (Å²) < 4.78 is -0.140. The number of hydroxylamine groups is 3. The molecule has 0 aromatic rings. The molecule has 3 heteroatoms. The van der Waals surface area contributed by atoms with Gasteiger partial charge in [-0.15, -0.1) is 0 Å². The summed E-state index contributed by atoms with van der Waals surface area (Å²) in [6.07, 6.45) is 0.773. The van der Waals surface area contributed by atoms with E-state index in [4.69, 9.17) is 0 Å². The topological polar surface area (TPSA) is 23.1 Å². The smallest absolute Gasteiger partial charge is 0.0953 e. The fourth-order valence-electron chi connectivity index (χ4n) is 0.681. The molecular formula is C5H14NOP. The summed E-state index contributed by atoms with van der Waals surface area (Å²) in [5.41, 5.74) is 0. The van der Waals surface area contributed by atoms with Gasteiger partial charge in [0, 0.05) is 0 Å². The zero-order valence-corrected chi connectivity index (χ0v) is 6.90. The highest BCUT2D eigenvalue weighted by Crippen LogP contribution is 2.26. The Morgan fingerprint density at radius 3 is 1.75 bits per heavy atom. The zero-order valence-electron chi connectivity index (χ0n) is 6.01. The van der Waals surface area contributed by atoms with E-state index in [9.17, 15) is 5.21 Å². The molecule has 0 aliphatic carbocycles. The number of quaternary nitrogens is 1. The van der Waals surface area contributed by atoms with Crippen molar-refractivity contribution >= 4 is 7.92 Å². The Morgan fingerprint density at radius 2 is 1.75 bits per heavy atom. The molecule has 0 amide bonds. The molecule has 0 bridgehead atoms. The van der Waals surface area contributed by atoms with Crippen molar-refractivity contribution in [2.75, 3.05) is 33.7 Å². The first-order chi connectivity index (χ1) is 3.42. The molecule has 0 rings (SSSR count). The van der Waals surface area contributed by atoms with Gasteiger partial charge in [0.15, 0.2) is 0 Å². The predicted octanol–water partition coefficient (Wildman–Crippen LogP) is 1.26. The van der Waals surface area contributed by atoms with Crippen LogP contribution in [0, 0.1) is 5.21 Å². The van der Waals surface area contributed by atoms with Gasteiger partial charge < -0.3 is 9.85 Å². The highest BCUT2D eigenvalue weighted by atomic mass is 31.1. The molecule has 0 fully saturated rings. The van der Waals surface area contributed by atoms with Crippen LogP contribution < -0.4 is 0 Å². The van der Waals surface area contributed by atoms with Crippen LogP contribution in [0.5, 0.6) is 0 Å². The van der Waals surface area contributed by atoms with Crippen LogP contribution in [0.15, 0.2) is 0 Å². The molecule has 0 spiro atoms. The summed E-state index contributed by atoms with van der Waals surface area (Å²) in [7, 11) is 3.34. The largest absolute Gasteiger partial charge is 0.633 e. The van der Waals surface area contributed by atoms with E-state index < -0.39 is 0 Å². The maximum Gasteiger partial charge on any atom is 0.0953 e. The van der Waals surface area contributed by atoms with Gasteiger partial charge in [0.1, 0.15) is 0 Å². The second-order valence-electron chi connectivity index (χ2n) is 2.80. The van der Waals surface area contributed by atoms with Gasteiger partial charge in [0.25, 0.3) is 0 Å². The van der Waals surface area contributed by atoms with Crippen molar-refractivity contribution in [3.8, 4) is 0 Å². The molecule has 0 saturated heterocycles. The van der Waals surface area contributed by atoms with Crippen molar-refractivity contribution in [2.45, 2.75) is 0 Å². The lowest BCUT2D eigenvalue weighted by molar-refractivity contribution is -0.827. The molecule has 0 aliphatic heterocycles. The number of hydrogen-bond donors (Lipinski definition) is 0. The maximum absolute atomic E-state index is 10.9. The third-order valence-corrected chi connectivity index (χ3v) is 1.87. The van der Waals surface area contributed by atoms with Crippen LogP contribution in [0.3, 0.4) is 0 Å². The summed E-state index contributed by atoms with van der Waals surface area (Å²) in [5.74, 6) is 0. The van der Waals surface area contributed by atoms with Crippen molar-refractivity contribution in [1.29, 1.82) is 0 Å². The molecule has 0 aliphatic rings. The summed E-state index contributed by atoms with van der Waals surface area (Å²) in [4.78, 5) is 0.